The Balaban J connectivity index is 1.55. The number of carboxylic acid groups (broad SMARTS) is 1. The van der Waals surface area contributed by atoms with Crippen molar-refractivity contribution in [1.29, 1.82) is 0 Å². The van der Waals surface area contributed by atoms with E-state index in [-0.39, 0.29) is 5.91 Å². The molecule has 126 valence electrons. The van der Waals surface area contributed by atoms with Crippen molar-refractivity contribution in [3.63, 3.8) is 0 Å². The Hall–Kier alpha value is -2.19. The van der Waals surface area contributed by atoms with Gasteiger partial charge in [-0.2, -0.15) is 5.10 Å². The van der Waals surface area contributed by atoms with Crippen molar-refractivity contribution in [2.75, 3.05) is 19.7 Å². The van der Waals surface area contributed by atoms with Gasteiger partial charge >= 0.3 is 5.97 Å². The number of hydrogen-bond donors (Lipinski definition) is 2. The van der Waals surface area contributed by atoms with Crippen LogP contribution in [0.5, 0.6) is 0 Å². The number of aromatic nitrogens is 2. The number of thiophene rings is 1. The van der Waals surface area contributed by atoms with Gasteiger partial charge in [-0.05, 0) is 24.5 Å². The summed E-state index contributed by atoms with van der Waals surface area (Å²) in [5.74, 6) is -0.928. The Morgan fingerprint density at radius 3 is 2.83 bits per heavy atom. The first-order chi connectivity index (χ1) is 11.6. The summed E-state index contributed by atoms with van der Waals surface area (Å²) >= 11 is 1.34. The van der Waals surface area contributed by atoms with Crippen LogP contribution in [0.25, 0.3) is 0 Å². The quantitative estimate of drug-likeness (QED) is 0.865. The van der Waals surface area contributed by atoms with Crippen LogP contribution in [0.3, 0.4) is 0 Å². The molecule has 4 rings (SSSR count). The molecule has 4 heterocycles. The van der Waals surface area contributed by atoms with Gasteiger partial charge in [0.2, 0.25) is 0 Å². The van der Waals surface area contributed by atoms with E-state index in [2.05, 4.69) is 10.2 Å². The fourth-order valence-corrected chi connectivity index (χ4v) is 4.63. The number of carbonyl (C=O) groups is 2. The number of aromatic carboxylic acids is 1. The topological polar surface area (TPSA) is 95.5 Å². The van der Waals surface area contributed by atoms with Crippen molar-refractivity contribution in [2.45, 2.75) is 24.9 Å². The molecule has 1 saturated heterocycles. The first kappa shape index (κ1) is 15.3. The lowest BCUT2D eigenvalue weighted by Gasteiger charge is -2.44. The molecule has 0 aliphatic carbocycles. The van der Waals surface area contributed by atoms with Gasteiger partial charge in [-0.1, -0.05) is 0 Å². The van der Waals surface area contributed by atoms with Crippen LogP contribution in [-0.4, -0.2) is 51.8 Å². The van der Waals surface area contributed by atoms with E-state index in [1.54, 1.807) is 17.2 Å². The third kappa shape index (κ3) is 2.42. The highest BCUT2D eigenvalue weighted by Crippen LogP contribution is 2.44. The number of H-pyrrole nitrogens is 1. The molecule has 0 saturated carbocycles. The summed E-state index contributed by atoms with van der Waals surface area (Å²) in [7, 11) is 0. The largest absolute Gasteiger partial charge is 0.477 e. The molecule has 1 spiro atoms. The van der Waals surface area contributed by atoms with Gasteiger partial charge in [-0.15, -0.1) is 11.3 Å². The van der Waals surface area contributed by atoms with E-state index in [9.17, 15) is 14.7 Å². The number of nitrogens with one attached hydrogen (secondary N) is 1. The van der Waals surface area contributed by atoms with Gasteiger partial charge in [0, 0.05) is 30.6 Å². The summed E-state index contributed by atoms with van der Waals surface area (Å²) in [6.07, 6.45) is 5.24. The number of piperidine rings is 1. The minimum atomic E-state index is -0.892. The summed E-state index contributed by atoms with van der Waals surface area (Å²) in [6, 6.07) is 1.76. The number of carboxylic acids is 1. The van der Waals surface area contributed by atoms with Crippen LogP contribution in [0, 0.1) is 0 Å². The zero-order valence-electron chi connectivity index (χ0n) is 12.9. The minimum absolute atomic E-state index is 0.0359. The molecular formula is C16H17N3O4S. The molecule has 0 radical (unpaired) electrons. The van der Waals surface area contributed by atoms with Crippen molar-refractivity contribution in [3.8, 4) is 0 Å². The SMILES string of the molecule is O=C(O)c1cc2c(s1)CCOC21CCN(C(=O)c2cn[nH]c2)CC1. The highest BCUT2D eigenvalue weighted by atomic mass is 32.1. The van der Waals surface area contributed by atoms with E-state index in [1.165, 1.54) is 17.5 Å². The lowest BCUT2D eigenvalue weighted by Crippen LogP contribution is -2.48. The molecule has 0 aromatic carbocycles. The molecule has 0 bridgehead atoms. The van der Waals surface area contributed by atoms with Crippen LogP contribution in [0.1, 0.15) is 43.3 Å². The first-order valence-corrected chi connectivity index (χ1v) is 8.69. The number of amides is 1. The number of likely N-dealkylation sites (tertiary alicyclic amines) is 1. The molecule has 0 atom stereocenters. The molecule has 1 amide bonds. The van der Waals surface area contributed by atoms with E-state index in [4.69, 9.17) is 4.74 Å². The molecule has 2 aromatic rings. The summed E-state index contributed by atoms with van der Waals surface area (Å²) in [6.45, 7) is 1.77. The van der Waals surface area contributed by atoms with E-state index in [0.717, 1.165) is 16.9 Å². The summed E-state index contributed by atoms with van der Waals surface area (Å²) < 4.78 is 6.10. The van der Waals surface area contributed by atoms with Crippen molar-refractivity contribution < 1.29 is 19.4 Å². The highest BCUT2D eigenvalue weighted by molar-refractivity contribution is 7.14. The average molecular weight is 347 g/mol. The van der Waals surface area contributed by atoms with E-state index >= 15 is 0 Å². The number of ether oxygens (including phenoxy) is 1. The Labute approximate surface area is 142 Å². The van der Waals surface area contributed by atoms with Gasteiger partial charge in [0.25, 0.3) is 5.91 Å². The van der Waals surface area contributed by atoms with Gasteiger partial charge in [0.15, 0.2) is 0 Å². The zero-order chi connectivity index (χ0) is 16.7. The highest BCUT2D eigenvalue weighted by Gasteiger charge is 2.43. The van der Waals surface area contributed by atoms with Gasteiger partial charge in [-0.25, -0.2) is 4.79 Å². The maximum atomic E-state index is 12.4. The number of carbonyl (C=O) groups excluding carboxylic acids is 1. The van der Waals surface area contributed by atoms with Gasteiger partial charge in [-0.3, -0.25) is 9.89 Å². The summed E-state index contributed by atoms with van der Waals surface area (Å²) in [4.78, 5) is 27.0. The van der Waals surface area contributed by atoms with Gasteiger partial charge in [0.05, 0.1) is 24.0 Å². The molecular weight excluding hydrogens is 330 g/mol. The predicted octanol–water partition coefficient (Wildman–Crippen LogP) is 1.87. The second-order valence-electron chi connectivity index (χ2n) is 6.12. The third-order valence-electron chi connectivity index (χ3n) is 4.82. The second-order valence-corrected chi connectivity index (χ2v) is 7.26. The lowest BCUT2D eigenvalue weighted by molar-refractivity contribution is -0.0926. The molecule has 2 aromatic heterocycles. The van der Waals surface area contributed by atoms with Crippen molar-refractivity contribution in [2.24, 2.45) is 0 Å². The number of aromatic amines is 1. The van der Waals surface area contributed by atoms with Gasteiger partial charge < -0.3 is 14.7 Å². The maximum Gasteiger partial charge on any atom is 0.345 e. The molecule has 24 heavy (non-hydrogen) atoms. The van der Waals surface area contributed by atoms with Crippen LogP contribution in [-0.2, 0) is 16.8 Å². The fraction of sp³-hybridized carbons (Fsp3) is 0.438. The Morgan fingerprint density at radius 2 is 2.17 bits per heavy atom. The molecule has 8 heteroatoms. The third-order valence-corrected chi connectivity index (χ3v) is 6.00. The average Bonchev–Trinajstić information content (AvgIpc) is 3.25. The molecule has 2 N–H and O–H groups in total. The predicted molar refractivity (Wildman–Crippen MR) is 86.3 cm³/mol. The Bertz CT molecular complexity index is 775. The monoisotopic (exact) mass is 347 g/mol. The minimum Gasteiger partial charge on any atom is -0.477 e. The summed E-state index contributed by atoms with van der Waals surface area (Å²) in [5, 5.41) is 15.7. The van der Waals surface area contributed by atoms with Crippen LogP contribution in [0.2, 0.25) is 0 Å². The second kappa shape index (κ2) is 5.71. The van der Waals surface area contributed by atoms with E-state index < -0.39 is 11.6 Å². The number of hydrogen-bond acceptors (Lipinski definition) is 5. The molecule has 2 aliphatic heterocycles. The fourth-order valence-electron chi connectivity index (χ4n) is 3.56. The number of nitrogens with zero attached hydrogens (tertiary/aromatic N) is 2. The Kier molecular flexibility index (Phi) is 3.65. The van der Waals surface area contributed by atoms with Crippen LogP contribution < -0.4 is 0 Å². The lowest BCUT2D eigenvalue weighted by atomic mass is 9.82. The first-order valence-electron chi connectivity index (χ1n) is 7.87. The van der Waals surface area contributed by atoms with Gasteiger partial charge in [0.1, 0.15) is 4.88 Å². The standard InChI is InChI=1S/C16H17N3O4S/c20-14(10-8-17-18-9-10)19-4-2-16(3-5-19)11-7-13(15(21)22)24-12(11)1-6-23-16/h7-9H,1-6H2,(H,17,18)(H,21,22). The van der Waals surface area contributed by atoms with Crippen LogP contribution >= 0.6 is 11.3 Å². The normalized spacial score (nSPS) is 19.2. The van der Waals surface area contributed by atoms with E-state index in [1.807, 2.05) is 0 Å². The Morgan fingerprint density at radius 1 is 1.38 bits per heavy atom. The molecule has 1 fully saturated rings. The number of fused-ring (bicyclic) bond motifs is 2. The van der Waals surface area contributed by atoms with Crippen molar-refractivity contribution in [1.82, 2.24) is 15.1 Å². The smallest absolute Gasteiger partial charge is 0.345 e. The van der Waals surface area contributed by atoms with Crippen LogP contribution in [0.4, 0.5) is 0 Å². The summed E-state index contributed by atoms with van der Waals surface area (Å²) in [5.41, 5.74) is 1.11. The zero-order valence-corrected chi connectivity index (χ0v) is 13.8. The molecule has 7 nitrogen and oxygen atoms in total. The maximum absolute atomic E-state index is 12.4. The van der Waals surface area contributed by atoms with E-state index in [0.29, 0.717) is 43.0 Å². The van der Waals surface area contributed by atoms with Crippen molar-refractivity contribution in [3.05, 3.63) is 39.3 Å². The number of rotatable bonds is 2. The molecule has 0 unspecified atom stereocenters. The van der Waals surface area contributed by atoms with Crippen molar-refractivity contribution >= 4 is 23.2 Å². The van der Waals surface area contributed by atoms with Crippen LogP contribution in [0.15, 0.2) is 18.5 Å². The molecule has 2 aliphatic rings.